The first-order valence-corrected chi connectivity index (χ1v) is 9.28. The van der Waals surface area contributed by atoms with Crippen molar-refractivity contribution in [3.05, 3.63) is 55.4 Å². The van der Waals surface area contributed by atoms with Gasteiger partial charge in [0.05, 0.1) is 13.2 Å². The number of rotatable bonds is 5. The first-order valence-electron chi connectivity index (χ1n) is 9.28. The van der Waals surface area contributed by atoms with Crippen LogP contribution in [0.3, 0.4) is 0 Å². The number of fused-ring (bicyclic) bond motifs is 1. The van der Waals surface area contributed by atoms with Crippen molar-refractivity contribution in [3.63, 3.8) is 0 Å². The molecule has 0 saturated carbocycles. The van der Waals surface area contributed by atoms with Gasteiger partial charge in [-0.15, -0.1) is 0 Å². The largest absolute Gasteiger partial charge is 0.378 e. The highest BCUT2D eigenvalue weighted by molar-refractivity contribution is 5.65. The van der Waals surface area contributed by atoms with E-state index in [1.165, 1.54) is 6.33 Å². The highest BCUT2D eigenvalue weighted by Gasteiger charge is 2.15. The normalized spacial score (nSPS) is 14.1. The van der Waals surface area contributed by atoms with Gasteiger partial charge in [-0.05, 0) is 12.1 Å². The predicted octanol–water partition coefficient (Wildman–Crippen LogP) is 2.24. The summed E-state index contributed by atoms with van der Waals surface area (Å²) < 4.78 is 7.41. The molecule has 0 spiro atoms. The summed E-state index contributed by atoms with van der Waals surface area (Å²) in [7, 11) is 0. The maximum absolute atomic E-state index is 5.46. The molecule has 146 valence electrons. The smallest absolute Gasteiger partial charge is 0.232 e. The molecule has 5 heterocycles. The lowest BCUT2D eigenvalue weighted by atomic mass is 10.3. The zero-order chi connectivity index (χ0) is 19.5. The fourth-order valence-corrected chi connectivity index (χ4v) is 3.12. The summed E-state index contributed by atoms with van der Waals surface area (Å²) in [6, 6.07) is 7.65. The molecule has 2 N–H and O–H groups in total. The summed E-state index contributed by atoms with van der Waals surface area (Å²) in [6.07, 6.45) is 8.77. The Balaban J connectivity index is 1.47. The van der Waals surface area contributed by atoms with Crippen LogP contribution in [0.1, 0.15) is 0 Å². The molecule has 0 amide bonds. The number of aromatic nitrogens is 6. The molecule has 1 saturated heterocycles. The average Bonchev–Trinajstić information content (AvgIpc) is 3.23. The third-order valence-corrected chi connectivity index (χ3v) is 4.54. The first-order chi connectivity index (χ1) is 14.3. The average molecular weight is 389 g/mol. The SMILES string of the molecule is c1cc(Nc2nc(Nc3ccn4ccnc4c3)cc(N3CCOCC3)n2)ncn1. The number of ether oxygens (including phenoxy) is 1. The maximum atomic E-state index is 5.46. The van der Waals surface area contributed by atoms with Gasteiger partial charge in [0, 0.05) is 55.7 Å². The second-order valence-electron chi connectivity index (χ2n) is 6.49. The molecule has 29 heavy (non-hydrogen) atoms. The van der Waals surface area contributed by atoms with E-state index in [4.69, 9.17) is 4.74 Å². The summed E-state index contributed by atoms with van der Waals surface area (Å²) in [5, 5.41) is 6.50. The molecule has 10 heteroatoms. The quantitative estimate of drug-likeness (QED) is 0.531. The summed E-state index contributed by atoms with van der Waals surface area (Å²) in [5.41, 5.74) is 1.75. The molecule has 0 aliphatic carbocycles. The van der Waals surface area contributed by atoms with Crippen LogP contribution in [0.5, 0.6) is 0 Å². The second kappa shape index (κ2) is 7.68. The Bertz CT molecular complexity index is 1110. The van der Waals surface area contributed by atoms with Gasteiger partial charge in [-0.25, -0.2) is 15.0 Å². The lowest BCUT2D eigenvalue weighted by Crippen LogP contribution is -2.36. The molecule has 1 aliphatic rings. The summed E-state index contributed by atoms with van der Waals surface area (Å²) in [4.78, 5) is 23.9. The minimum atomic E-state index is 0.456. The van der Waals surface area contributed by atoms with Crippen LogP contribution in [0.4, 0.5) is 29.1 Å². The molecule has 0 unspecified atom stereocenters. The van der Waals surface area contributed by atoms with Crippen molar-refractivity contribution in [3.8, 4) is 0 Å². The minimum Gasteiger partial charge on any atom is -0.378 e. The van der Waals surface area contributed by atoms with Crippen LogP contribution >= 0.6 is 0 Å². The molecule has 5 rings (SSSR count). The van der Waals surface area contributed by atoms with Crippen molar-refractivity contribution in [1.29, 1.82) is 0 Å². The van der Waals surface area contributed by atoms with Crippen LogP contribution in [-0.4, -0.2) is 55.6 Å². The molecule has 0 radical (unpaired) electrons. The summed E-state index contributed by atoms with van der Waals surface area (Å²) in [5.74, 6) is 2.58. The Kier molecular flexibility index (Phi) is 4.59. The van der Waals surface area contributed by atoms with E-state index in [0.717, 1.165) is 30.2 Å². The number of imidazole rings is 1. The number of hydrogen-bond donors (Lipinski definition) is 2. The molecule has 0 bridgehead atoms. The lowest BCUT2D eigenvalue weighted by Gasteiger charge is -2.28. The molecule has 0 aromatic carbocycles. The van der Waals surface area contributed by atoms with Crippen molar-refractivity contribution in [2.24, 2.45) is 0 Å². The Morgan fingerprint density at radius 3 is 2.69 bits per heavy atom. The number of pyridine rings is 1. The third kappa shape index (κ3) is 3.92. The lowest BCUT2D eigenvalue weighted by molar-refractivity contribution is 0.122. The van der Waals surface area contributed by atoms with Crippen LogP contribution in [0.25, 0.3) is 5.65 Å². The molecule has 1 aliphatic heterocycles. The monoisotopic (exact) mass is 389 g/mol. The van der Waals surface area contributed by atoms with Gasteiger partial charge in [-0.2, -0.15) is 9.97 Å². The van der Waals surface area contributed by atoms with Gasteiger partial charge in [0.1, 0.15) is 29.4 Å². The zero-order valence-electron chi connectivity index (χ0n) is 15.6. The van der Waals surface area contributed by atoms with E-state index in [-0.39, 0.29) is 0 Å². The molecule has 4 aromatic rings. The van der Waals surface area contributed by atoms with Crippen molar-refractivity contribution in [2.75, 3.05) is 41.8 Å². The Labute approximate surface area is 166 Å². The predicted molar refractivity (Wildman–Crippen MR) is 109 cm³/mol. The highest BCUT2D eigenvalue weighted by Crippen LogP contribution is 2.24. The van der Waals surface area contributed by atoms with Crippen LogP contribution in [0.2, 0.25) is 0 Å². The van der Waals surface area contributed by atoms with E-state index < -0.39 is 0 Å². The number of anilines is 5. The first kappa shape index (κ1) is 17.3. The standard InChI is InChI=1S/C19H19N9O/c1-3-20-13-22-15(1)24-19-25-16(12-18(26-19)28-7-9-29-10-8-28)23-14-2-5-27-6-4-21-17(27)11-14/h1-6,11-13H,7-10H2,(H2,20,22,23,24,25,26). The maximum Gasteiger partial charge on any atom is 0.232 e. The molecule has 10 nitrogen and oxygen atoms in total. The van der Waals surface area contributed by atoms with Crippen molar-refractivity contribution >= 4 is 34.7 Å². The van der Waals surface area contributed by atoms with Crippen LogP contribution in [0.15, 0.2) is 55.4 Å². The van der Waals surface area contributed by atoms with Crippen LogP contribution < -0.4 is 15.5 Å². The zero-order valence-corrected chi connectivity index (χ0v) is 15.6. The topological polar surface area (TPSA) is 105 Å². The number of hydrogen-bond acceptors (Lipinski definition) is 9. The van der Waals surface area contributed by atoms with E-state index in [9.17, 15) is 0 Å². The summed E-state index contributed by atoms with van der Waals surface area (Å²) >= 11 is 0. The van der Waals surface area contributed by atoms with Crippen molar-refractivity contribution in [2.45, 2.75) is 0 Å². The van der Waals surface area contributed by atoms with Gasteiger partial charge in [0.2, 0.25) is 5.95 Å². The van der Waals surface area contributed by atoms with E-state index in [0.29, 0.717) is 30.8 Å². The molecular weight excluding hydrogens is 370 g/mol. The van der Waals surface area contributed by atoms with Gasteiger partial charge in [-0.3, -0.25) is 0 Å². The molecule has 1 fully saturated rings. The number of nitrogens with one attached hydrogen (secondary N) is 2. The minimum absolute atomic E-state index is 0.456. The highest BCUT2D eigenvalue weighted by atomic mass is 16.5. The van der Waals surface area contributed by atoms with Crippen LogP contribution in [0, 0.1) is 0 Å². The third-order valence-electron chi connectivity index (χ3n) is 4.54. The van der Waals surface area contributed by atoms with E-state index in [1.54, 1.807) is 18.5 Å². The Morgan fingerprint density at radius 2 is 1.83 bits per heavy atom. The molecular formula is C19H19N9O. The van der Waals surface area contributed by atoms with Crippen molar-refractivity contribution < 1.29 is 4.74 Å². The fraction of sp³-hybridized carbons (Fsp3) is 0.211. The van der Waals surface area contributed by atoms with Gasteiger partial charge in [0.25, 0.3) is 0 Å². The van der Waals surface area contributed by atoms with E-state index >= 15 is 0 Å². The van der Waals surface area contributed by atoms with Gasteiger partial charge in [0.15, 0.2) is 0 Å². The number of morpholine rings is 1. The van der Waals surface area contributed by atoms with E-state index in [1.807, 2.05) is 35.0 Å². The van der Waals surface area contributed by atoms with Crippen molar-refractivity contribution in [1.82, 2.24) is 29.3 Å². The van der Waals surface area contributed by atoms with Crippen LogP contribution in [-0.2, 0) is 4.74 Å². The van der Waals surface area contributed by atoms with Gasteiger partial charge < -0.3 is 24.7 Å². The Morgan fingerprint density at radius 1 is 0.897 bits per heavy atom. The number of nitrogens with zero attached hydrogens (tertiary/aromatic N) is 7. The van der Waals surface area contributed by atoms with Gasteiger partial charge in [-0.1, -0.05) is 0 Å². The molecule has 0 atom stereocenters. The van der Waals surface area contributed by atoms with E-state index in [2.05, 4.69) is 40.5 Å². The molecule has 4 aromatic heterocycles. The van der Waals surface area contributed by atoms with Gasteiger partial charge >= 0.3 is 0 Å². The second-order valence-corrected chi connectivity index (χ2v) is 6.49. The summed E-state index contributed by atoms with van der Waals surface area (Å²) in [6.45, 7) is 2.92. The fourth-order valence-electron chi connectivity index (χ4n) is 3.12. The Hall–Kier alpha value is -3.79.